The summed E-state index contributed by atoms with van der Waals surface area (Å²) >= 11 is 3.09. The lowest BCUT2D eigenvalue weighted by Crippen LogP contribution is -2.30. The first-order valence-electron chi connectivity index (χ1n) is 5.85. The fourth-order valence-electron chi connectivity index (χ4n) is 2.10. The van der Waals surface area contributed by atoms with E-state index in [2.05, 4.69) is 15.9 Å². The van der Waals surface area contributed by atoms with Gasteiger partial charge in [0.05, 0.1) is 4.47 Å². The number of hydrogen-bond donors (Lipinski definition) is 0. The average Bonchev–Trinajstić information content (AvgIpc) is 2.70. The van der Waals surface area contributed by atoms with Crippen molar-refractivity contribution in [3.8, 4) is 5.75 Å². The van der Waals surface area contributed by atoms with Crippen molar-refractivity contribution in [1.29, 1.82) is 0 Å². The van der Waals surface area contributed by atoms with Gasteiger partial charge in [0.15, 0.2) is 0 Å². The summed E-state index contributed by atoms with van der Waals surface area (Å²) in [7, 11) is 0. The Labute approximate surface area is 113 Å². The molecule has 1 fully saturated rings. The van der Waals surface area contributed by atoms with Crippen LogP contribution in [0.1, 0.15) is 26.2 Å². The van der Waals surface area contributed by atoms with E-state index in [0.717, 1.165) is 19.3 Å². The van der Waals surface area contributed by atoms with Gasteiger partial charge in [-0.2, -0.15) is 0 Å². The van der Waals surface area contributed by atoms with Gasteiger partial charge in [0.25, 0.3) is 0 Å². The average molecular weight is 317 g/mol. The van der Waals surface area contributed by atoms with E-state index in [-0.39, 0.29) is 24.0 Å². The van der Waals surface area contributed by atoms with Gasteiger partial charge in [0, 0.05) is 13.0 Å². The SMILES string of the molecule is CC(=O)OC1CCCC1Oc1ccc(Br)c(F)c1. The second kappa shape index (κ2) is 5.69. The van der Waals surface area contributed by atoms with Gasteiger partial charge in [-0.25, -0.2) is 4.39 Å². The molecular formula is C13H14BrFO3. The number of esters is 1. The Morgan fingerprint density at radius 2 is 2.11 bits per heavy atom. The quantitative estimate of drug-likeness (QED) is 0.801. The summed E-state index contributed by atoms with van der Waals surface area (Å²) in [6, 6.07) is 4.62. The van der Waals surface area contributed by atoms with Gasteiger partial charge in [-0.15, -0.1) is 0 Å². The molecule has 1 saturated carbocycles. The molecule has 0 bridgehead atoms. The number of hydrogen-bond acceptors (Lipinski definition) is 3. The first-order valence-corrected chi connectivity index (χ1v) is 6.64. The van der Waals surface area contributed by atoms with E-state index >= 15 is 0 Å². The highest BCUT2D eigenvalue weighted by atomic mass is 79.9. The third-order valence-corrected chi connectivity index (χ3v) is 3.53. The highest BCUT2D eigenvalue weighted by Gasteiger charge is 2.31. The first kappa shape index (κ1) is 13.3. The van der Waals surface area contributed by atoms with E-state index in [0.29, 0.717) is 10.2 Å². The van der Waals surface area contributed by atoms with Crippen molar-refractivity contribution in [2.24, 2.45) is 0 Å². The molecule has 1 aromatic rings. The van der Waals surface area contributed by atoms with E-state index in [4.69, 9.17) is 9.47 Å². The number of rotatable bonds is 3. The second-order valence-electron chi connectivity index (χ2n) is 4.31. The van der Waals surface area contributed by atoms with E-state index in [1.54, 1.807) is 12.1 Å². The first-order chi connectivity index (χ1) is 8.56. The van der Waals surface area contributed by atoms with Crippen LogP contribution in [0.25, 0.3) is 0 Å². The summed E-state index contributed by atoms with van der Waals surface area (Å²) in [5, 5.41) is 0. The molecule has 0 spiro atoms. The summed E-state index contributed by atoms with van der Waals surface area (Å²) < 4.78 is 24.6. The van der Waals surface area contributed by atoms with Crippen LogP contribution < -0.4 is 4.74 Å². The molecule has 1 aliphatic rings. The van der Waals surface area contributed by atoms with Crippen molar-refractivity contribution in [3.05, 3.63) is 28.5 Å². The molecule has 0 aromatic heterocycles. The van der Waals surface area contributed by atoms with Gasteiger partial charge >= 0.3 is 5.97 Å². The van der Waals surface area contributed by atoms with Gasteiger partial charge in [-0.3, -0.25) is 4.79 Å². The molecule has 98 valence electrons. The molecule has 0 aliphatic heterocycles. The van der Waals surface area contributed by atoms with Crippen molar-refractivity contribution >= 4 is 21.9 Å². The summed E-state index contributed by atoms with van der Waals surface area (Å²) in [6.45, 7) is 1.38. The lowest BCUT2D eigenvalue weighted by molar-refractivity contribution is -0.149. The van der Waals surface area contributed by atoms with Crippen molar-refractivity contribution in [2.45, 2.75) is 38.4 Å². The molecule has 0 amide bonds. The van der Waals surface area contributed by atoms with Crippen molar-refractivity contribution in [1.82, 2.24) is 0 Å². The number of ether oxygens (including phenoxy) is 2. The van der Waals surface area contributed by atoms with Crippen LogP contribution in [-0.2, 0) is 9.53 Å². The van der Waals surface area contributed by atoms with Crippen LogP contribution >= 0.6 is 15.9 Å². The largest absolute Gasteiger partial charge is 0.486 e. The Bertz CT molecular complexity index is 450. The highest BCUT2D eigenvalue weighted by Crippen LogP contribution is 2.28. The monoisotopic (exact) mass is 316 g/mol. The minimum Gasteiger partial charge on any atom is -0.486 e. The molecule has 0 N–H and O–H groups in total. The summed E-state index contributed by atoms with van der Waals surface area (Å²) in [5.74, 6) is -0.216. The smallest absolute Gasteiger partial charge is 0.303 e. The molecule has 5 heteroatoms. The van der Waals surface area contributed by atoms with Crippen LogP contribution in [0.15, 0.2) is 22.7 Å². The number of benzene rings is 1. The Morgan fingerprint density at radius 1 is 1.39 bits per heavy atom. The molecule has 1 aliphatic carbocycles. The molecular weight excluding hydrogens is 303 g/mol. The predicted octanol–water partition coefficient (Wildman–Crippen LogP) is 3.45. The Hall–Kier alpha value is -1.10. The zero-order valence-electron chi connectivity index (χ0n) is 9.99. The number of carbonyl (C=O) groups is 1. The highest BCUT2D eigenvalue weighted by molar-refractivity contribution is 9.10. The van der Waals surface area contributed by atoms with E-state index in [1.807, 2.05) is 0 Å². The van der Waals surface area contributed by atoms with Crippen LogP contribution in [0.5, 0.6) is 5.75 Å². The molecule has 0 saturated heterocycles. The molecule has 1 aromatic carbocycles. The van der Waals surface area contributed by atoms with Crippen molar-refractivity contribution in [3.63, 3.8) is 0 Å². The van der Waals surface area contributed by atoms with Crippen LogP contribution in [0.2, 0.25) is 0 Å². The molecule has 0 radical (unpaired) electrons. The van der Waals surface area contributed by atoms with Gasteiger partial charge in [0.1, 0.15) is 23.8 Å². The van der Waals surface area contributed by atoms with E-state index in [9.17, 15) is 9.18 Å². The van der Waals surface area contributed by atoms with Crippen LogP contribution in [-0.4, -0.2) is 18.2 Å². The fourth-order valence-corrected chi connectivity index (χ4v) is 2.35. The number of carbonyl (C=O) groups excluding carboxylic acids is 1. The minimum absolute atomic E-state index is 0.186. The molecule has 18 heavy (non-hydrogen) atoms. The lowest BCUT2D eigenvalue weighted by Gasteiger charge is -2.21. The van der Waals surface area contributed by atoms with Gasteiger partial charge < -0.3 is 9.47 Å². The molecule has 3 nitrogen and oxygen atoms in total. The zero-order valence-corrected chi connectivity index (χ0v) is 11.6. The third-order valence-electron chi connectivity index (χ3n) is 2.89. The normalized spacial score (nSPS) is 22.8. The maximum absolute atomic E-state index is 13.3. The van der Waals surface area contributed by atoms with E-state index in [1.165, 1.54) is 13.0 Å². The molecule has 2 atom stereocenters. The third kappa shape index (κ3) is 3.22. The number of halogens is 2. The summed E-state index contributed by atoms with van der Waals surface area (Å²) in [6.07, 6.45) is 2.14. The van der Waals surface area contributed by atoms with Crippen molar-refractivity contribution < 1.29 is 18.7 Å². The van der Waals surface area contributed by atoms with Crippen molar-refractivity contribution in [2.75, 3.05) is 0 Å². The fraction of sp³-hybridized carbons (Fsp3) is 0.462. The maximum atomic E-state index is 13.3. The van der Waals surface area contributed by atoms with Crippen LogP contribution in [0.4, 0.5) is 4.39 Å². The molecule has 2 unspecified atom stereocenters. The lowest BCUT2D eigenvalue weighted by atomic mass is 10.2. The Kier molecular flexibility index (Phi) is 4.22. The summed E-state index contributed by atoms with van der Waals surface area (Å²) in [4.78, 5) is 11.0. The second-order valence-corrected chi connectivity index (χ2v) is 5.17. The predicted molar refractivity (Wildman–Crippen MR) is 67.9 cm³/mol. The molecule has 0 heterocycles. The maximum Gasteiger partial charge on any atom is 0.303 e. The van der Waals surface area contributed by atoms with Crippen LogP contribution in [0.3, 0.4) is 0 Å². The molecule has 2 rings (SSSR count). The Morgan fingerprint density at radius 3 is 2.78 bits per heavy atom. The summed E-state index contributed by atoms with van der Waals surface area (Å²) in [5.41, 5.74) is 0. The van der Waals surface area contributed by atoms with Crippen LogP contribution in [0, 0.1) is 5.82 Å². The minimum atomic E-state index is -0.366. The zero-order chi connectivity index (χ0) is 13.1. The van der Waals surface area contributed by atoms with Gasteiger partial charge in [-0.05, 0) is 47.3 Å². The standard InChI is InChI=1S/C13H14BrFO3/c1-8(16)17-12-3-2-4-13(12)18-9-5-6-10(14)11(15)7-9/h5-7,12-13H,2-4H2,1H3. The topological polar surface area (TPSA) is 35.5 Å². The van der Waals surface area contributed by atoms with E-state index < -0.39 is 0 Å². The Balaban J connectivity index is 2.03. The van der Waals surface area contributed by atoms with Gasteiger partial charge in [-0.1, -0.05) is 0 Å². The van der Waals surface area contributed by atoms with Gasteiger partial charge in [0.2, 0.25) is 0 Å².